The lowest BCUT2D eigenvalue weighted by Gasteiger charge is -2.37. The maximum Gasteiger partial charge on any atom is 0.305 e. The van der Waals surface area contributed by atoms with Crippen molar-refractivity contribution in [2.75, 3.05) is 13.2 Å². The Morgan fingerprint density at radius 2 is 1.87 bits per heavy atom. The van der Waals surface area contributed by atoms with Crippen molar-refractivity contribution in [3.63, 3.8) is 0 Å². The normalized spacial score (nSPS) is 18.2. The number of carboxylic acids is 1. The van der Waals surface area contributed by atoms with Crippen LogP contribution in [-0.4, -0.2) is 35.7 Å². The van der Waals surface area contributed by atoms with Crippen LogP contribution >= 0.6 is 0 Å². The van der Waals surface area contributed by atoms with E-state index in [-0.39, 0.29) is 12.0 Å². The van der Waals surface area contributed by atoms with Gasteiger partial charge in [0.1, 0.15) is 11.6 Å². The van der Waals surface area contributed by atoms with E-state index in [4.69, 9.17) is 9.84 Å². The topological polar surface area (TPSA) is 75.6 Å². The molecule has 1 fully saturated rings. The molecule has 2 rings (SSSR count). The summed E-state index contributed by atoms with van der Waals surface area (Å²) in [5.41, 5.74) is -1.26. The Balaban J connectivity index is 2.19. The molecule has 1 aromatic carbocycles. The molecule has 0 radical (unpaired) electrons. The molecular formula is C16H19F2NO4. The second kappa shape index (κ2) is 7.04. The van der Waals surface area contributed by atoms with Gasteiger partial charge in [-0.3, -0.25) is 9.59 Å². The van der Waals surface area contributed by atoms with Crippen LogP contribution in [0.2, 0.25) is 0 Å². The number of carbonyl (C=O) groups excluding carboxylic acids is 1. The van der Waals surface area contributed by atoms with Crippen LogP contribution in [0.1, 0.15) is 37.7 Å². The third kappa shape index (κ3) is 4.04. The molecule has 1 atom stereocenters. The lowest BCUT2D eigenvalue weighted by atomic mass is 9.85. The van der Waals surface area contributed by atoms with Crippen LogP contribution in [0.3, 0.4) is 0 Å². The molecule has 23 heavy (non-hydrogen) atoms. The van der Waals surface area contributed by atoms with Crippen LogP contribution in [0.25, 0.3) is 0 Å². The van der Waals surface area contributed by atoms with Crippen molar-refractivity contribution in [2.45, 2.75) is 37.6 Å². The Hall–Kier alpha value is -2.02. The SMILES string of the molecule is CC(C(=O)NC1(CC(=O)O)CCOCC1)c1c(F)cccc1F. The highest BCUT2D eigenvalue weighted by atomic mass is 19.1. The molecule has 1 aliphatic rings. The van der Waals surface area contributed by atoms with Gasteiger partial charge in [-0.1, -0.05) is 6.07 Å². The van der Waals surface area contributed by atoms with E-state index < -0.39 is 35.0 Å². The average Bonchev–Trinajstić information content (AvgIpc) is 2.46. The lowest BCUT2D eigenvalue weighted by molar-refractivity contribution is -0.140. The number of carboxylic acid groups (broad SMARTS) is 1. The summed E-state index contributed by atoms with van der Waals surface area (Å²) in [5.74, 6) is -4.31. The van der Waals surface area contributed by atoms with Crippen molar-refractivity contribution in [1.82, 2.24) is 5.32 Å². The van der Waals surface area contributed by atoms with Crippen LogP contribution in [0.15, 0.2) is 18.2 Å². The molecule has 0 spiro atoms. The van der Waals surface area contributed by atoms with Crippen LogP contribution in [0.5, 0.6) is 0 Å². The second-order valence-corrected chi connectivity index (χ2v) is 5.81. The largest absolute Gasteiger partial charge is 0.481 e. The summed E-state index contributed by atoms with van der Waals surface area (Å²) in [7, 11) is 0. The molecular weight excluding hydrogens is 308 g/mol. The molecule has 5 nitrogen and oxygen atoms in total. The fourth-order valence-electron chi connectivity index (χ4n) is 2.82. The first-order valence-corrected chi connectivity index (χ1v) is 7.40. The van der Waals surface area contributed by atoms with Gasteiger partial charge in [0.2, 0.25) is 5.91 Å². The monoisotopic (exact) mass is 327 g/mol. The predicted octanol–water partition coefficient (Wildman–Crippen LogP) is 2.21. The first kappa shape index (κ1) is 17.3. The molecule has 126 valence electrons. The van der Waals surface area contributed by atoms with Gasteiger partial charge < -0.3 is 15.2 Å². The summed E-state index contributed by atoms with van der Waals surface area (Å²) in [6.45, 7) is 2.05. The molecule has 1 unspecified atom stereocenters. The van der Waals surface area contributed by atoms with Gasteiger partial charge in [-0.2, -0.15) is 0 Å². The van der Waals surface area contributed by atoms with Gasteiger partial charge in [0, 0.05) is 18.8 Å². The lowest BCUT2D eigenvalue weighted by Crippen LogP contribution is -2.54. The van der Waals surface area contributed by atoms with Gasteiger partial charge in [0.25, 0.3) is 0 Å². The smallest absolute Gasteiger partial charge is 0.305 e. The number of halogens is 2. The number of benzene rings is 1. The van der Waals surface area contributed by atoms with Gasteiger partial charge in [-0.25, -0.2) is 8.78 Å². The molecule has 1 saturated heterocycles. The molecule has 1 amide bonds. The minimum Gasteiger partial charge on any atom is -0.481 e. The summed E-state index contributed by atoms with van der Waals surface area (Å²) in [4.78, 5) is 23.5. The molecule has 7 heteroatoms. The molecule has 2 N–H and O–H groups in total. The number of ether oxygens (including phenoxy) is 1. The highest BCUT2D eigenvalue weighted by Crippen LogP contribution is 2.28. The highest BCUT2D eigenvalue weighted by Gasteiger charge is 2.38. The van der Waals surface area contributed by atoms with Crippen molar-refractivity contribution in [1.29, 1.82) is 0 Å². The van der Waals surface area contributed by atoms with Crippen molar-refractivity contribution in [3.05, 3.63) is 35.4 Å². The van der Waals surface area contributed by atoms with Gasteiger partial charge in [0.05, 0.1) is 17.9 Å². The Bertz CT molecular complexity index is 579. The Labute approximate surface area is 132 Å². The molecule has 0 saturated carbocycles. The second-order valence-electron chi connectivity index (χ2n) is 5.81. The molecule has 1 aromatic rings. The van der Waals surface area contributed by atoms with Gasteiger partial charge in [-0.05, 0) is 31.9 Å². The Morgan fingerprint density at radius 1 is 1.30 bits per heavy atom. The molecule has 0 bridgehead atoms. The minimum atomic E-state index is -1.07. The van der Waals surface area contributed by atoms with E-state index in [1.165, 1.54) is 13.0 Å². The third-order valence-corrected chi connectivity index (χ3v) is 4.15. The van der Waals surface area contributed by atoms with Gasteiger partial charge in [0.15, 0.2) is 0 Å². The number of hydrogen-bond donors (Lipinski definition) is 2. The number of amides is 1. The fourth-order valence-corrected chi connectivity index (χ4v) is 2.82. The third-order valence-electron chi connectivity index (χ3n) is 4.15. The Kier molecular flexibility index (Phi) is 5.30. The van der Waals surface area contributed by atoms with Crippen LogP contribution in [0.4, 0.5) is 8.78 Å². The molecule has 1 heterocycles. The molecule has 0 aromatic heterocycles. The fraction of sp³-hybridized carbons (Fsp3) is 0.500. The van der Waals surface area contributed by atoms with Crippen molar-refractivity contribution in [2.24, 2.45) is 0 Å². The number of carbonyl (C=O) groups is 2. The number of aliphatic carboxylic acids is 1. The van der Waals surface area contributed by atoms with Gasteiger partial charge in [-0.15, -0.1) is 0 Å². The summed E-state index contributed by atoms with van der Waals surface area (Å²) >= 11 is 0. The number of rotatable bonds is 5. The zero-order valence-corrected chi connectivity index (χ0v) is 12.8. The van der Waals surface area contributed by atoms with Crippen molar-refractivity contribution in [3.8, 4) is 0 Å². The van der Waals surface area contributed by atoms with Crippen LogP contribution in [0, 0.1) is 11.6 Å². The first-order valence-electron chi connectivity index (χ1n) is 7.40. The summed E-state index contributed by atoms with van der Waals surface area (Å²) in [5, 5.41) is 11.8. The summed E-state index contributed by atoms with van der Waals surface area (Å²) in [6, 6.07) is 3.40. The van der Waals surface area contributed by atoms with E-state index in [2.05, 4.69) is 5.32 Å². The number of hydrogen-bond acceptors (Lipinski definition) is 3. The highest BCUT2D eigenvalue weighted by molar-refractivity contribution is 5.84. The van der Waals surface area contributed by atoms with E-state index >= 15 is 0 Å². The molecule has 0 aliphatic carbocycles. The maximum absolute atomic E-state index is 13.8. The van der Waals surface area contributed by atoms with Crippen molar-refractivity contribution >= 4 is 11.9 Å². The summed E-state index contributed by atoms with van der Waals surface area (Å²) < 4.78 is 32.8. The zero-order chi connectivity index (χ0) is 17.0. The standard InChI is InChI=1S/C16H19F2NO4/c1-10(14-11(17)3-2-4-12(14)18)15(22)19-16(9-13(20)21)5-7-23-8-6-16/h2-4,10H,5-9H2,1H3,(H,19,22)(H,20,21). The zero-order valence-electron chi connectivity index (χ0n) is 12.8. The summed E-state index contributed by atoms with van der Waals surface area (Å²) in [6.07, 6.45) is 0.434. The van der Waals surface area contributed by atoms with E-state index in [0.717, 1.165) is 12.1 Å². The van der Waals surface area contributed by atoms with Crippen LogP contribution in [-0.2, 0) is 14.3 Å². The average molecular weight is 327 g/mol. The number of nitrogens with one attached hydrogen (secondary N) is 1. The molecule has 1 aliphatic heterocycles. The minimum absolute atomic E-state index is 0.255. The quantitative estimate of drug-likeness (QED) is 0.869. The van der Waals surface area contributed by atoms with E-state index in [1.807, 2.05) is 0 Å². The van der Waals surface area contributed by atoms with Crippen molar-refractivity contribution < 1.29 is 28.2 Å². The van der Waals surface area contributed by atoms with E-state index in [9.17, 15) is 18.4 Å². The first-order chi connectivity index (χ1) is 10.8. The Morgan fingerprint density at radius 3 is 2.39 bits per heavy atom. The van der Waals surface area contributed by atoms with E-state index in [0.29, 0.717) is 26.1 Å². The van der Waals surface area contributed by atoms with Crippen LogP contribution < -0.4 is 5.32 Å². The predicted molar refractivity (Wildman–Crippen MR) is 78.0 cm³/mol. The maximum atomic E-state index is 13.8. The van der Waals surface area contributed by atoms with Gasteiger partial charge >= 0.3 is 5.97 Å². The van der Waals surface area contributed by atoms with E-state index in [1.54, 1.807) is 0 Å².